The minimum absolute atomic E-state index is 0.110. The average Bonchev–Trinajstić information content (AvgIpc) is 2.99. The Morgan fingerprint density at radius 3 is 2.90 bits per heavy atom. The molecule has 3 rings (SSSR count). The second-order valence-electron chi connectivity index (χ2n) is 4.95. The van der Waals surface area contributed by atoms with Crippen LogP contribution in [0.5, 0.6) is 5.75 Å². The van der Waals surface area contributed by atoms with Gasteiger partial charge in [-0.3, -0.25) is 4.79 Å². The first-order valence-corrected chi connectivity index (χ1v) is 7.05. The summed E-state index contributed by atoms with van der Waals surface area (Å²) in [5.41, 5.74) is 1.73. The molecule has 5 nitrogen and oxygen atoms in total. The van der Waals surface area contributed by atoms with Crippen LogP contribution in [0.25, 0.3) is 11.0 Å². The number of alkyl halides is 1. The van der Waals surface area contributed by atoms with Gasteiger partial charge in [-0.25, -0.2) is 4.98 Å². The number of fused-ring (bicyclic) bond motifs is 1. The van der Waals surface area contributed by atoms with Gasteiger partial charge in [0.25, 0.3) is 0 Å². The molecule has 0 bridgehead atoms. The van der Waals surface area contributed by atoms with E-state index in [9.17, 15) is 4.79 Å². The number of methoxy groups -OCH3 is 1. The predicted molar refractivity (Wildman–Crippen MR) is 77.1 cm³/mol. The molecular formula is C14H16ClN3O2. The number of ether oxygens (including phenoxy) is 1. The summed E-state index contributed by atoms with van der Waals surface area (Å²) in [6.45, 7) is 0.759. The Morgan fingerprint density at radius 2 is 2.30 bits per heavy atom. The zero-order valence-corrected chi connectivity index (χ0v) is 12.2. The van der Waals surface area contributed by atoms with Crippen molar-refractivity contribution >= 4 is 28.5 Å². The lowest BCUT2D eigenvalue weighted by Crippen LogP contribution is -2.25. The van der Waals surface area contributed by atoms with Crippen molar-refractivity contribution in [3.8, 4) is 5.75 Å². The monoisotopic (exact) mass is 293 g/mol. The minimum atomic E-state index is -0.217. The van der Waals surface area contributed by atoms with Crippen molar-refractivity contribution in [1.29, 1.82) is 0 Å². The Morgan fingerprint density at radius 1 is 1.50 bits per heavy atom. The summed E-state index contributed by atoms with van der Waals surface area (Å²) in [5.74, 6) is 1.87. The van der Waals surface area contributed by atoms with E-state index in [2.05, 4.69) is 4.98 Å². The zero-order chi connectivity index (χ0) is 14.3. The third-order valence-corrected chi connectivity index (χ3v) is 4.04. The molecule has 1 saturated heterocycles. The molecule has 20 heavy (non-hydrogen) atoms. The van der Waals surface area contributed by atoms with Crippen molar-refractivity contribution in [1.82, 2.24) is 14.5 Å². The van der Waals surface area contributed by atoms with E-state index in [0.717, 1.165) is 35.6 Å². The van der Waals surface area contributed by atoms with Crippen LogP contribution in [0.4, 0.5) is 0 Å². The Balaban J connectivity index is 2.19. The number of likely N-dealkylation sites (N-methyl/N-ethyl adjacent to an activating group) is 1. The molecule has 1 aromatic carbocycles. The Kier molecular flexibility index (Phi) is 3.30. The number of aromatic nitrogens is 2. The molecule has 1 fully saturated rings. The van der Waals surface area contributed by atoms with Gasteiger partial charge in [-0.15, -0.1) is 11.6 Å². The molecule has 106 valence electrons. The molecule has 0 saturated carbocycles. The smallest absolute Gasteiger partial charge is 0.245 e. The van der Waals surface area contributed by atoms with Gasteiger partial charge in [0, 0.05) is 19.7 Å². The van der Waals surface area contributed by atoms with Crippen molar-refractivity contribution < 1.29 is 9.53 Å². The number of likely N-dealkylation sites (tertiary alicyclic amines) is 1. The van der Waals surface area contributed by atoms with Crippen LogP contribution in [0, 0.1) is 0 Å². The van der Waals surface area contributed by atoms with Gasteiger partial charge in [-0.1, -0.05) is 0 Å². The number of amides is 1. The first-order valence-electron chi connectivity index (χ1n) is 6.51. The van der Waals surface area contributed by atoms with Crippen molar-refractivity contribution in [2.45, 2.75) is 18.3 Å². The van der Waals surface area contributed by atoms with Crippen LogP contribution in [-0.2, 0) is 10.7 Å². The van der Waals surface area contributed by atoms with Gasteiger partial charge in [-0.05, 0) is 18.6 Å². The number of imidazole rings is 1. The van der Waals surface area contributed by atoms with Crippen LogP contribution in [0.15, 0.2) is 18.2 Å². The van der Waals surface area contributed by atoms with Crippen molar-refractivity contribution in [2.24, 2.45) is 0 Å². The summed E-state index contributed by atoms with van der Waals surface area (Å²) in [6.07, 6.45) is 0.780. The molecule has 1 aromatic heterocycles. The molecule has 1 aliphatic heterocycles. The lowest BCUT2D eigenvalue weighted by atomic mass is 10.2. The van der Waals surface area contributed by atoms with E-state index in [0.29, 0.717) is 0 Å². The van der Waals surface area contributed by atoms with Crippen LogP contribution in [-0.4, -0.2) is 41.1 Å². The van der Waals surface area contributed by atoms with E-state index in [1.807, 2.05) is 29.8 Å². The molecule has 2 heterocycles. The van der Waals surface area contributed by atoms with E-state index >= 15 is 0 Å². The summed E-state index contributed by atoms with van der Waals surface area (Å²) in [7, 11) is 3.45. The van der Waals surface area contributed by atoms with E-state index < -0.39 is 0 Å². The molecule has 6 heteroatoms. The number of hydrogen-bond acceptors (Lipinski definition) is 3. The minimum Gasteiger partial charge on any atom is -0.497 e. The van der Waals surface area contributed by atoms with Gasteiger partial charge >= 0.3 is 0 Å². The molecule has 0 spiro atoms. The first-order chi connectivity index (χ1) is 9.65. The summed E-state index contributed by atoms with van der Waals surface area (Å²) < 4.78 is 7.22. The van der Waals surface area contributed by atoms with Gasteiger partial charge in [0.05, 0.1) is 24.0 Å². The van der Waals surface area contributed by atoms with E-state index in [1.165, 1.54) is 0 Å². The predicted octanol–water partition coefficient (Wildman–Crippen LogP) is 2.19. The number of carbonyl (C=O) groups excluding carboxylic acids is 1. The second kappa shape index (κ2) is 4.98. The number of carbonyl (C=O) groups is 1. The third kappa shape index (κ3) is 1.93. The highest BCUT2D eigenvalue weighted by Crippen LogP contribution is 2.31. The second-order valence-corrected chi connectivity index (χ2v) is 5.22. The maximum absolute atomic E-state index is 12.3. The third-order valence-electron chi connectivity index (χ3n) is 3.80. The van der Waals surface area contributed by atoms with Gasteiger partial charge in [0.1, 0.15) is 17.6 Å². The first kappa shape index (κ1) is 13.2. The number of hydrogen-bond donors (Lipinski definition) is 0. The number of benzene rings is 1. The summed E-state index contributed by atoms with van der Waals surface area (Å²) in [6, 6.07) is 5.44. The van der Waals surface area contributed by atoms with Crippen molar-refractivity contribution in [3.63, 3.8) is 0 Å². The maximum atomic E-state index is 12.3. The maximum Gasteiger partial charge on any atom is 0.245 e. The fourth-order valence-electron chi connectivity index (χ4n) is 2.74. The van der Waals surface area contributed by atoms with Crippen LogP contribution in [0.1, 0.15) is 18.3 Å². The SMILES string of the molecule is COc1ccc2nc(CCl)n(C3CCN(C)C3=O)c2c1. The fraction of sp³-hybridized carbons (Fsp3) is 0.429. The largest absolute Gasteiger partial charge is 0.497 e. The molecule has 0 aliphatic carbocycles. The van der Waals surface area contributed by atoms with Crippen LogP contribution in [0.3, 0.4) is 0 Å². The van der Waals surface area contributed by atoms with Gasteiger partial charge in [0.15, 0.2) is 0 Å². The average molecular weight is 294 g/mol. The lowest BCUT2D eigenvalue weighted by molar-refractivity contribution is -0.129. The zero-order valence-electron chi connectivity index (χ0n) is 11.5. The fourth-order valence-corrected chi connectivity index (χ4v) is 2.92. The topological polar surface area (TPSA) is 47.4 Å². The molecule has 1 unspecified atom stereocenters. The molecule has 1 aliphatic rings. The number of rotatable bonds is 3. The molecule has 0 radical (unpaired) electrons. The van der Waals surface area contributed by atoms with Gasteiger partial charge in [-0.2, -0.15) is 0 Å². The lowest BCUT2D eigenvalue weighted by Gasteiger charge is -2.15. The number of nitrogens with zero attached hydrogens (tertiary/aromatic N) is 3. The van der Waals surface area contributed by atoms with E-state index in [1.54, 1.807) is 12.0 Å². The standard InChI is InChI=1S/C14H16ClN3O2/c1-17-6-5-11(14(17)19)18-12-7-9(20-2)3-4-10(12)16-13(18)8-15/h3-4,7,11H,5-6,8H2,1-2H3. The van der Waals surface area contributed by atoms with Crippen LogP contribution >= 0.6 is 11.6 Å². The van der Waals surface area contributed by atoms with Crippen molar-refractivity contribution in [3.05, 3.63) is 24.0 Å². The molecule has 2 aromatic rings. The highest BCUT2D eigenvalue weighted by Gasteiger charge is 2.33. The van der Waals surface area contributed by atoms with Crippen LogP contribution < -0.4 is 4.74 Å². The molecule has 1 amide bonds. The molecule has 1 atom stereocenters. The van der Waals surface area contributed by atoms with Crippen molar-refractivity contribution in [2.75, 3.05) is 20.7 Å². The van der Waals surface area contributed by atoms with E-state index in [4.69, 9.17) is 16.3 Å². The number of halogens is 1. The Bertz CT molecular complexity index is 668. The molecular weight excluding hydrogens is 278 g/mol. The highest BCUT2D eigenvalue weighted by molar-refractivity contribution is 6.17. The Labute approximate surface area is 122 Å². The summed E-state index contributed by atoms with van der Waals surface area (Å²) >= 11 is 6.00. The molecule has 0 N–H and O–H groups in total. The highest BCUT2D eigenvalue weighted by atomic mass is 35.5. The Hall–Kier alpha value is -1.75. The quantitative estimate of drug-likeness (QED) is 0.815. The van der Waals surface area contributed by atoms with Gasteiger partial charge in [0.2, 0.25) is 5.91 Å². The normalized spacial score (nSPS) is 19.1. The van der Waals surface area contributed by atoms with E-state index in [-0.39, 0.29) is 17.8 Å². The van der Waals surface area contributed by atoms with Crippen LogP contribution in [0.2, 0.25) is 0 Å². The summed E-state index contributed by atoms with van der Waals surface area (Å²) in [5, 5.41) is 0. The summed E-state index contributed by atoms with van der Waals surface area (Å²) in [4.78, 5) is 18.5. The van der Waals surface area contributed by atoms with Gasteiger partial charge < -0.3 is 14.2 Å².